The highest BCUT2D eigenvalue weighted by molar-refractivity contribution is 5.88. The van der Waals surface area contributed by atoms with Gasteiger partial charge in [-0.15, -0.1) is 0 Å². The first-order chi connectivity index (χ1) is 17.4. The molecule has 3 unspecified atom stereocenters. The molecular formula is C28H33N5O3. The fourth-order valence-electron chi connectivity index (χ4n) is 4.98. The number of hydrogen-bond acceptors (Lipinski definition) is 7. The fourth-order valence-corrected chi connectivity index (χ4v) is 4.98. The van der Waals surface area contributed by atoms with E-state index in [1.807, 2.05) is 42.5 Å². The Morgan fingerprint density at radius 2 is 1.75 bits per heavy atom. The van der Waals surface area contributed by atoms with Crippen LogP contribution < -0.4 is 19.7 Å². The normalized spacial score (nSPS) is 18.4. The number of piperidine rings is 1. The van der Waals surface area contributed by atoms with Crippen molar-refractivity contribution >= 4 is 22.8 Å². The Balaban J connectivity index is 1.56. The standard InChI is InChI=1S/C28H33N5O3/c1-18-13-19(2)17-33(16-18)27-26(31-22-7-5-6-8-23(22)32-27)21(15-29)28(34)30-12-11-20-9-10-24(35-3)25(14-20)36-4/h5-10,14,18-19,21H,11-13,16-17H2,1-4H3,(H,30,34). The molecule has 1 saturated heterocycles. The highest BCUT2D eigenvalue weighted by Crippen LogP contribution is 2.32. The lowest BCUT2D eigenvalue weighted by Gasteiger charge is -2.36. The van der Waals surface area contributed by atoms with E-state index in [1.165, 1.54) is 0 Å². The minimum Gasteiger partial charge on any atom is -0.493 e. The van der Waals surface area contributed by atoms with Gasteiger partial charge in [-0.05, 0) is 54.5 Å². The number of para-hydroxylation sites is 2. The van der Waals surface area contributed by atoms with Crippen LogP contribution in [0.5, 0.6) is 11.5 Å². The van der Waals surface area contributed by atoms with Crippen molar-refractivity contribution in [2.45, 2.75) is 32.6 Å². The van der Waals surface area contributed by atoms with Crippen molar-refractivity contribution in [1.29, 1.82) is 5.26 Å². The molecule has 1 aliphatic heterocycles. The second-order valence-corrected chi connectivity index (χ2v) is 9.56. The van der Waals surface area contributed by atoms with Gasteiger partial charge in [0.25, 0.3) is 0 Å². The largest absolute Gasteiger partial charge is 0.493 e. The van der Waals surface area contributed by atoms with Gasteiger partial charge in [0.1, 0.15) is 5.69 Å². The van der Waals surface area contributed by atoms with Crippen molar-refractivity contribution in [2.24, 2.45) is 11.8 Å². The number of carbonyl (C=O) groups excluding carboxylic acids is 1. The zero-order chi connectivity index (χ0) is 25.7. The number of nitrogens with one attached hydrogen (secondary N) is 1. The van der Waals surface area contributed by atoms with Crippen LogP contribution in [0, 0.1) is 23.2 Å². The van der Waals surface area contributed by atoms with E-state index in [1.54, 1.807) is 14.2 Å². The molecule has 1 aliphatic rings. The number of nitriles is 1. The molecular weight excluding hydrogens is 454 g/mol. The van der Waals surface area contributed by atoms with Gasteiger partial charge in [0.05, 0.1) is 31.3 Å². The summed E-state index contributed by atoms with van der Waals surface area (Å²) in [7, 11) is 3.18. The average molecular weight is 488 g/mol. The van der Waals surface area contributed by atoms with Gasteiger partial charge in [0.2, 0.25) is 5.91 Å². The first kappa shape index (κ1) is 25.2. The van der Waals surface area contributed by atoms with Gasteiger partial charge in [-0.1, -0.05) is 32.0 Å². The highest BCUT2D eigenvalue weighted by Gasteiger charge is 2.31. The van der Waals surface area contributed by atoms with Crippen LogP contribution in [0.25, 0.3) is 11.0 Å². The lowest BCUT2D eigenvalue weighted by Crippen LogP contribution is -2.40. The summed E-state index contributed by atoms with van der Waals surface area (Å²) < 4.78 is 10.6. The summed E-state index contributed by atoms with van der Waals surface area (Å²) in [5, 5.41) is 13.0. The van der Waals surface area contributed by atoms with Gasteiger partial charge < -0.3 is 19.7 Å². The number of methoxy groups -OCH3 is 2. The molecule has 0 spiro atoms. The number of carbonyl (C=O) groups is 1. The van der Waals surface area contributed by atoms with E-state index in [0.717, 1.165) is 30.6 Å². The third kappa shape index (κ3) is 5.51. The van der Waals surface area contributed by atoms with Gasteiger partial charge in [0.15, 0.2) is 23.2 Å². The molecule has 2 aromatic carbocycles. The van der Waals surface area contributed by atoms with Gasteiger partial charge in [-0.25, -0.2) is 9.97 Å². The van der Waals surface area contributed by atoms with Crippen molar-refractivity contribution in [2.75, 3.05) is 38.8 Å². The number of anilines is 1. The molecule has 2 heterocycles. The molecule has 1 fully saturated rings. The van der Waals surface area contributed by atoms with Crippen molar-refractivity contribution in [3.63, 3.8) is 0 Å². The summed E-state index contributed by atoms with van der Waals surface area (Å²) in [4.78, 5) is 25.1. The Bertz CT molecular complexity index is 1260. The summed E-state index contributed by atoms with van der Waals surface area (Å²) in [5.41, 5.74) is 2.84. The first-order valence-electron chi connectivity index (χ1n) is 12.3. The van der Waals surface area contributed by atoms with Gasteiger partial charge >= 0.3 is 0 Å². The Morgan fingerprint density at radius 3 is 2.39 bits per heavy atom. The van der Waals surface area contributed by atoms with Crippen LogP contribution in [0.3, 0.4) is 0 Å². The van der Waals surface area contributed by atoms with E-state index in [9.17, 15) is 10.1 Å². The van der Waals surface area contributed by atoms with Gasteiger partial charge in [-0.3, -0.25) is 4.79 Å². The van der Waals surface area contributed by atoms with Crippen molar-refractivity contribution in [3.8, 4) is 17.6 Å². The third-order valence-corrected chi connectivity index (χ3v) is 6.57. The summed E-state index contributed by atoms with van der Waals surface area (Å²) in [6, 6.07) is 15.4. The minimum atomic E-state index is -1.06. The summed E-state index contributed by atoms with van der Waals surface area (Å²) in [5.74, 6) is 1.47. The quantitative estimate of drug-likeness (QED) is 0.511. The molecule has 36 heavy (non-hydrogen) atoms. The van der Waals surface area contributed by atoms with Crippen molar-refractivity contribution in [3.05, 3.63) is 53.7 Å². The van der Waals surface area contributed by atoms with E-state index in [0.29, 0.717) is 53.3 Å². The van der Waals surface area contributed by atoms with Gasteiger partial charge in [0, 0.05) is 19.6 Å². The smallest absolute Gasteiger partial charge is 0.243 e. The SMILES string of the molecule is COc1ccc(CCNC(=O)C(C#N)c2nc3ccccc3nc2N2CC(C)CC(C)C2)cc1OC. The molecule has 8 nitrogen and oxygen atoms in total. The maximum atomic E-state index is 13.2. The number of rotatable bonds is 8. The Labute approximate surface area is 212 Å². The topological polar surface area (TPSA) is 100 Å². The Kier molecular flexibility index (Phi) is 7.89. The number of benzene rings is 2. The Hall–Kier alpha value is -3.86. The molecule has 8 heteroatoms. The molecule has 1 amide bonds. The predicted octanol–water partition coefficient (Wildman–Crippen LogP) is 4.10. The molecule has 0 saturated carbocycles. The van der Waals surface area contributed by atoms with Crippen LogP contribution in [0.15, 0.2) is 42.5 Å². The van der Waals surface area contributed by atoms with E-state index in [4.69, 9.17) is 19.4 Å². The van der Waals surface area contributed by atoms with Crippen LogP contribution >= 0.6 is 0 Å². The van der Waals surface area contributed by atoms with Crippen LogP contribution in [-0.2, 0) is 11.2 Å². The van der Waals surface area contributed by atoms with Crippen LogP contribution in [0.1, 0.15) is 37.4 Å². The van der Waals surface area contributed by atoms with Gasteiger partial charge in [-0.2, -0.15) is 5.26 Å². The lowest BCUT2D eigenvalue weighted by atomic mass is 9.91. The second-order valence-electron chi connectivity index (χ2n) is 9.56. The maximum absolute atomic E-state index is 13.2. The van der Waals surface area contributed by atoms with Crippen molar-refractivity contribution < 1.29 is 14.3 Å². The van der Waals surface area contributed by atoms with E-state index >= 15 is 0 Å². The lowest BCUT2D eigenvalue weighted by molar-refractivity contribution is -0.121. The third-order valence-electron chi connectivity index (χ3n) is 6.57. The zero-order valence-corrected chi connectivity index (χ0v) is 21.3. The van der Waals surface area contributed by atoms with E-state index < -0.39 is 5.92 Å². The van der Waals surface area contributed by atoms with Crippen LogP contribution in [-0.4, -0.2) is 49.7 Å². The number of nitrogens with zero attached hydrogens (tertiary/aromatic N) is 4. The first-order valence-corrected chi connectivity index (χ1v) is 12.3. The number of fused-ring (bicyclic) bond motifs is 1. The molecule has 0 radical (unpaired) electrons. The summed E-state index contributed by atoms with van der Waals surface area (Å²) in [6.07, 6.45) is 1.73. The molecule has 3 aromatic rings. The van der Waals surface area contributed by atoms with Crippen LogP contribution in [0.2, 0.25) is 0 Å². The molecule has 0 aliphatic carbocycles. The number of ether oxygens (including phenoxy) is 2. The maximum Gasteiger partial charge on any atom is 0.243 e. The van der Waals surface area contributed by atoms with E-state index in [2.05, 4.69) is 30.1 Å². The minimum absolute atomic E-state index is 0.373. The van der Waals surface area contributed by atoms with E-state index in [-0.39, 0.29) is 5.91 Å². The predicted molar refractivity (Wildman–Crippen MR) is 139 cm³/mol. The summed E-state index contributed by atoms with van der Waals surface area (Å²) in [6.45, 7) is 6.46. The van der Waals surface area contributed by atoms with Crippen LogP contribution in [0.4, 0.5) is 5.82 Å². The average Bonchev–Trinajstić information content (AvgIpc) is 2.88. The molecule has 3 atom stereocenters. The molecule has 1 aromatic heterocycles. The monoisotopic (exact) mass is 487 g/mol. The number of aromatic nitrogens is 2. The Morgan fingerprint density at radius 1 is 1.08 bits per heavy atom. The fraction of sp³-hybridized carbons (Fsp3) is 0.429. The number of hydrogen-bond donors (Lipinski definition) is 1. The van der Waals surface area contributed by atoms with Crippen molar-refractivity contribution in [1.82, 2.24) is 15.3 Å². The highest BCUT2D eigenvalue weighted by atomic mass is 16.5. The second kappa shape index (κ2) is 11.3. The number of amides is 1. The zero-order valence-electron chi connectivity index (χ0n) is 21.3. The summed E-state index contributed by atoms with van der Waals surface area (Å²) >= 11 is 0. The molecule has 4 rings (SSSR count). The molecule has 0 bridgehead atoms. The molecule has 188 valence electrons. The molecule has 1 N–H and O–H groups in total.